The van der Waals surface area contributed by atoms with E-state index in [4.69, 9.17) is 5.21 Å². The minimum Gasteiger partial charge on any atom is -0.410 e. The van der Waals surface area contributed by atoms with Crippen LogP contribution < -0.4 is 0 Å². The topological polar surface area (TPSA) is 32.6 Å². The summed E-state index contributed by atoms with van der Waals surface area (Å²) < 4.78 is 0. The Morgan fingerprint density at radius 2 is 1.80 bits per heavy atom. The Hall–Kier alpha value is -1.53. The summed E-state index contributed by atoms with van der Waals surface area (Å²) in [5.74, 6) is 2.94. The smallest absolute Gasteiger partial charge is 0.159 e. The van der Waals surface area contributed by atoms with Crippen LogP contribution in [0.25, 0.3) is 0 Å². The third-order valence-corrected chi connectivity index (χ3v) is 2.58. The molecule has 3 heteroatoms. The van der Waals surface area contributed by atoms with Crippen molar-refractivity contribution in [2.24, 2.45) is 5.16 Å². The van der Waals surface area contributed by atoms with Gasteiger partial charge in [-0.2, -0.15) is 0 Å². The van der Waals surface area contributed by atoms with E-state index >= 15 is 0 Å². The fraction of sp³-hybridized carbons (Fsp3) is 0.250. The third-order valence-electron chi connectivity index (χ3n) is 1.70. The zero-order chi connectivity index (χ0) is 11.3. The van der Waals surface area contributed by atoms with Gasteiger partial charge >= 0.3 is 0 Å². The molecule has 2 nitrogen and oxygen atoms in total. The number of hydrogen-bond donors (Lipinski definition) is 1. The lowest BCUT2D eigenvalue weighted by atomic mass is 10.1. The number of oxime groups is 1. The predicted octanol–water partition coefficient (Wildman–Crippen LogP) is 2.75. The first-order valence-corrected chi connectivity index (χ1v) is 8.33. The highest BCUT2D eigenvalue weighted by atomic mass is 28.3. The van der Waals surface area contributed by atoms with E-state index in [0.717, 1.165) is 5.56 Å². The van der Waals surface area contributed by atoms with Crippen LogP contribution >= 0.6 is 0 Å². The molecule has 0 fully saturated rings. The number of benzene rings is 1. The normalized spacial score (nSPS) is 11.8. The Balaban J connectivity index is 2.97. The molecule has 0 saturated heterocycles. The molecule has 0 spiro atoms. The highest BCUT2D eigenvalue weighted by Crippen LogP contribution is 2.02. The van der Waals surface area contributed by atoms with E-state index in [0.29, 0.717) is 5.71 Å². The lowest BCUT2D eigenvalue weighted by Gasteiger charge is -2.03. The summed E-state index contributed by atoms with van der Waals surface area (Å²) in [5.41, 5.74) is 4.46. The molecule has 0 unspecified atom stereocenters. The lowest BCUT2D eigenvalue weighted by molar-refractivity contribution is 0.320. The summed E-state index contributed by atoms with van der Waals surface area (Å²) in [5, 5.41) is 12.1. The van der Waals surface area contributed by atoms with Gasteiger partial charge < -0.3 is 5.21 Å². The summed E-state index contributed by atoms with van der Waals surface area (Å²) in [6, 6.07) is 9.49. The Kier molecular flexibility index (Phi) is 3.70. The molecule has 0 radical (unpaired) electrons. The van der Waals surface area contributed by atoms with E-state index < -0.39 is 8.07 Å². The molecule has 1 aromatic carbocycles. The van der Waals surface area contributed by atoms with Gasteiger partial charge in [-0.1, -0.05) is 55.1 Å². The van der Waals surface area contributed by atoms with Crippen LogP contribution in [-0.4, -0.2) is 19.0 Å². The maximum Gasteiger partial charge on any atom is 0.159 e. The average Bonchev–Trinajstić information content (AvgIpc) is 2.19. The van der Waals surface area contributed by atoms with E-state index in [-0.39, 0.29) is 0 Å². The minimum absolute atomic E-state index is 0.443. The fourth-order valence-corrected chi connectivity index (χ4v) is 1.49. The van der Waals surface area contributed by atoms with Crippen molar-refractivity contribution in [1.29, 1.82) is 0 Å². The maximum atomic E-state index is 8.88. The Morgan fingerprint density at radius 3 is 2.27 bits per heavy atom. The molecule has 78 valence electrons. The summed E-state index contributed by atoms with van der Waals surface area (Å²) in [6.45, 7) is 6.46. The van der Waals surface area contributed by atoms with Crippen molar-refractivity contribution in [1.82, 2.24) is 0 Å². The van der Waals surface area contributed by atoms with Gasteiger partial charge in [-0.15, -0.1) is 5.54 Å². The lowest BCUT2D eigenvalue weighted by Crippen LogP contribution is -2.17. The SMILES string of the molecule is C[Si](C)(C)C#C/C(=N\O)c1ccccc1. The van der Waals surface area contributed by atoms with Gasteiger partial charge in [0.2, 0.25) is 0 Å². The standard InChI is InChI=1S/C12H15NOSi/c1-15(2,3)10-9-12(13-14)11-7-5-4-6-8-11/h4-8,14H,1-3H3/b13-12+. The second-order valence-corrected chi connectivity index (χ2v) is 9.06. The second kappa shape index (κ2) is 4.81. The maximum absolute atomic E-state index is 8.88. The molecule has 0 aromatic heterocycles. The van der Waals surface area contributed by atoms with Crippen molar-refractivity contribution in [2.75, 3.05) is 0 Å². The van der Waals surface area contributed by atoms with Gasteiger partial charge in [-0.25, -0.2) is 0 Å². The van der Waals surface area contributed by atoms with Gasteiger partial charge in [0.05, 0.1) is 0 Å². The summed E-state index contributed by atoms with van der Waals surface area (Å²) in [7, 11) is -1.42. The quantitative estimate of drug-likeness (QED) is 0.253. The van der Waals surface area contributed by atoms with Crippen molar-refractivity contribution < 1.29 is 5.21 Å². The molecule has 0 aliphatic carbocycles. The first-order chi connectivity index (χ1) is 7.03. The van der Waals surface area contributed by atoms with Gasteiger partial charge in [0.1, 0.15) is 8.07 Å². The zero-order valence-corrected chi connectivity index (χ0v) is 10.3. The first-order valence-electron chi connectivity index (χ1n) is 4.83. The predicted molar refractivity (Wildman–Crippen MR) is 65.9 cm³/mol. The van der Waals surface area contributed by atoms with Gasteiger partial charge in [0.25, 0.3) is 0 Å². The van der Waals surface area contributed by atoms with E-state index in [1.54, 1.807) is 0 Å². The van der Waals surface area contributed by atoms with Gasteiger partial charge in [-0.05, 0) is 5.92 Å². The molecule has 1 aromatic rings. The van der Waals surface area contributed by atoms with Gasteiger partial charge in [0, 0.05) is 5.56 Å². The highest BCUT2D eigenvalue weighted by Gasteiger charge is 2.08. The Morgan fingerprint density at radius 1 is 1.20 bits per heavy atom. The van der Waals surface area contributed by atoms with Crippen molar-refractivity contribution in [3.63, 3.8) is 0 Å². The molecular formula is C12H15NOSi. The van der Waals surface area contributed by atoms with Crippen LogP contribution in [0.3, 0.4) is 0 Å². The highest BCUT2D eigenvalue weighted by molar-refractivity contribution is 6.84. The second-order valence-electron chi connectivity index (χ2n) is 4.31. The van der Waals surface area contributed by atoms with Gasteiger partial charge in [-0.3, -0.25) is 0 Å². The third kappa shape index (κ3) is 4.01. The van der Waals surface area contributed by atoms with E-state index in [1.165, 1.54) is 0 Å². The molecule has 0 heterocycles. The molecule has 0 aliphatic rings. The Bertz CT molecular complexity index is 407. The van der Waals surface area contributed by atoms with Crippen molar-refractivity contribution in [3.8, 4) is 11.5 Å². The molecule has 1 rings (SSSR count). The van der Waals surface area contributed by atoms with Crippen molar-refractivity contribution in [3.05, 3.63) is 35.9 Å². The number of hydrogen-bond acceptors (Lipinski definition) is 2. The summed E-state index contributed by atoms with van der Waals surface area (Å²) in [4.78, 5) is 0. The van der Waals surface area contributed by atoms with Crippen molar-refractivity contribution in [2.45, 2.75) is 19.6 Å². The zero-order valence-electron chi connectivity index (χ0n) is 9.28. The average molecular weight is 217 g/mol. The van der Waals surface area contributed by atoms with E-state index in [2.05, 4.69) is 36.3 Å². The van der Waals surface area contributed by atoms with E-state index in [1.807, 2.05) is 30.3 Å². The molecule has 1 N–H and O–H groups in total. The van der Waals surface area contributed by atoms with Crippen molar-refractivity contribution >= 4 is 13.8 Å². The molecule has 0 aliphatic heterocycles. The first kappa shape index (κ1) is 11.5. The summed E-state index contributed by atoms with van der Waals surface area (Å²) >= 11 is 0. The minimum atomic E-state index is -1.42. The molecule has 0 atom stereocenters. The van der Waals surface area contributed by atoms with Crippen LogP contribution in [0.15, 0.2) is 35.5 Å². The largest absolute Gasteiger partial charge is 0.410 e. The van der Waals surface area contributed by atoms with E-state index in [9.17, 15) is 0 Å². The monoisotopic (exact) mass is 217 g/mol. The van der Waals surface area contributed by atoms with Crippen LogP contribution in [0.4, 0.5) is 0 Å². The van der Waals surface area contributed by atoms with Crippen LogP contribution in [-0.2, 0) is 0 Å². The van der Waals surface area contributed by atoms with Crippen LogP contribution in [0, 0.1) is 11.5 Å². The van der Waals surface area contributed by atoms with Crippen LogP contribution in [0.1, 0.15) is 5.56 Å². The number of rotatable bonds is 1. The number of nitrogens with zero attached hydrogens (tertiary/aromatic N) is 1. The molecule has 0 amide bonds. The molecule has 0 saturated carbocycles. The van der Waals surface area contributed by atoms with Gasteiger partial charge in [0.15, 0.2) is 5.71 Å². The molecular weight excluding hydrogens is 202 g/mol. The molecule has 0 bridgehead atoms. The molecule has 15 heavy (non-hydrogen) atoms. The summed E-state index contributed by atoms with van der Waals surface area (Å²) in [6.07, 6.45) is 0. The Labute approximate surface area is 91.6 Å². The fourth-order valence-electron chi connectivity index (χ4n) is 0.998. The van der Waals surface area contributed by atoms with Crippen LogP contribution in [0.5, 0.6) is 0 Å². The van der Waals surface area contributed by atoms with Crippen LogP contribution in [0.2, 0.25) is 19.6 Å².